The molecule has 0 radical (unpaired) electrons. The van der Waals surface area contributed by atoms with Crippen LogP contribution in [0.15, 0.2) is 36.4 Å². The van der Waals surface area contributed by atoms with Crippen LogP contribution in [0.2, 0.25) is 10.0 Å². The number of likely N-dealkylation sites (tertiary alicyclic amines) is 1. The molecule has 1 aliphatic rings. The van der Waals surface area contributed by atoms with Crippen molar-refractivity contribution in [3.63, 3.8) is 0 Å². The van der Waals surface area contributed by atoms with Crippen LogP contribution in [0.1, 0.15) is 37.3 Å². The van der Waals surface area contributed by atoms with E-state index in [1.54, 1.807) is 6.07 Å². The minimum absolute atomic E-state index is 0.382. The molecule has 0 amide bonds. The summed E-state index contributed by atoms with van der Waals surface area (Å²) >= 11 is 17.7. The zero-order chi connectivity index (χ0) is 19.2. The van der Waals surface area contributed by atoms with Crippen LogP contribution in [0.3, 0.4) is 0 Å². The first-order chi connectivity index (χ1) is 13.1. The molecule has 2 aromatic carbocycles. The number of piperidine rings is 1. The Morgan fingerprint density at radius 2 is 1.74 bits per heavy atom. The van der Waals surface area contributed by atoms with E-state index in [0.29, 0.717) is 34.8 Å². The Hall–Kier alpha value is -1.49. The highest BCUT2D eigenvalue weighted by Crippen LogP contribution is 2.31. The van der Waals surface area contributed by atoms with Crippen molar-refractivity contribution in [1.29, 1.82) is 0 Å². The van der Waals surface area contributed by atoms with Crippen LogP contribution < -0.4 is 9.47 Å². The van der Waals surface area contributed by atoms with Crippen LogP contribution in [0, 0.1) is 0 Å². The summed E-state index contributed by atoms with van der Waals surface area (Å²) in [4.78, 5) is 3.16. The lowest BCUT2D eigenvalue weighted by Crippen LogP contribution is -2.34. The molecular formula is C21H23Cl2NO2S. The van der Waals surface area contributed by atoms with Crippen molar-refractivity contribution in [2.24, 2.45) is 0 Å². The highest BCUT2D eigenvalue weighted by molar-refractivity contribution is 7.80. The number of thiocarbonyl (C=S) groups is 1. The van der Waals surface area contributed by atoms with E-state index in [2.05, 4.69) is 4.90 Å². The molecule has 3 nitrogen and oxygen atoms in total. The molecule has 0 N–H and O–H groups in total. The van der Waals surface area contributed by atoms with Crippen LogP contribution in [-0.2, 0) is 6.61 Å². The molecule has 0 spiro atoms. The van der Waals surface area contributed by atoms with Gasteiger partial charge < -0.3 is 14.4 Å². The molecule has 0 bridgehead atoms. The molecule has 1 saturated heterocycles. The number of halogens is 2. The maximum Gasteiger partial charge on any atom is 0.161 e. The first-order valence-electron chi connectivity index (χ1n) is 9.21. The van der Waals surface area contributed by atoms with E-state index in [1.165, 1.54) is 19.3 Å². The second-order valence-corrected chi connectivity index (χ2v) is 7.69. The van der Waals surface area contributed by atoms with Gasteiger partial charge in [-0.2, -0.15) is 0 Å². The fraction of sp³-hybridized carbons (Fsp3) is 0.381. The highest BCUT2D eigenvalue weighted by atomic mass is 35.5. The van der Waals surface area contributed by atoms with Crippen molar-refractivity contribution < 1.29 is 9.47 Å². The summed E-state index contributed by atoms with van der Waals surface area (Å²) in [5, 5.41) is 1.05. The van der Waals surface area contributed by atoms with E-state index in [1.807, 2.05) is 37.3 Å². The first-order valence-corrected chi connectivity index (χ1v) is 10.4. The maximum atomic E-state index is 6.07. The summed E-state index contributed by atoms with van der Waals surface area (Å²) in [5.74, 6) is 1.39. The average molecular weight is 424 g/mol. The number of rotatable bonds is 6. The van der Waals surface area contributed by atoms with Gasteiger partial charge in [0, 0.05) is 18.7 Å². The lowest BCUT2D eigenvalue weighted by atomic mass is 10.1. The van der Waals surface area contributed by atoms with Crippen LogP contribution in [0.25, 0.3) is 0 Å². The van der Waals surface area contributed by atoms with Gasteiger partial charge in [-0.15, -0.1) is 0 Å². The number of benzene rings is 2. The Morgan fingerprint density at radius 1 is 0.963 bits per heavy atom. The number of ether oxygens (including phenoxy) is 2. The third-order valence-electron chi connectivity index (χ3n) is 4.51. The summed E-state index contributed by atoms with van der Waals surface area (Å²) in [6.07, 6.45) is 3.68. The molecule has 1 aliphatic heterocycles. The van der Waals surface area contributed by atoms with Gasteiger partial charge in [-0.3, -0.25) is 0 Å². The van der Waals surface area contributed by atoms with Crippen LogP contribution >= 0.6 is 35.4 Å². The Labute approximate surface area is 176 Å². The lowest BCUT2D eigenvalue weighted by molar-refractivity contribution is 0.269. The molecule has 0 saturated carbocycles. The topological polar surface area (TPSA) is 21.7 Å². The Balaban J connectivity index is 1.74. The van der Waals surface area contributed by atoms with Gasteiger partial charge in [-0.25, -0.2) is 0 Å². The van der Waals surface area contributed by atoms with Gasteiger partial charge in [0.1, 0.15) is 11.6 Å². The molecule has 27 heavy (non-hydrogen) atoms. The lowest BCUT2D eigenvalue weighted by Gasteiger charge is -2.29. The maximum absolute atomic E-state index is 6.07. The molecular weight excluding hydrogens is 401 g/mol. The Morgan fingerprint density at radius 3 is 2.44 bits per heavy atom. The van der Waals surface area contributed by atoms with E-state index in [-0.39, 0.29) is 0 Å². The van der Waals surface area contributed by atoms with E-state index in [4.69, 9.17) is 44.9 Å². The summed E-state index contributed by atoms with van der Waals surface area (Å²) in [6.45, 7) is 4.95. The molecule has 6 heteroatoms. The predicted octanol–water partition coefficient (Wildman–Crippen LogP) is 6.13. The molecule has 0 unspecified atom stereocenters. The molecule has 3 rings (SSSR count). The predicted molar refractivity (Wildman–Crippen MR) is 116 cm³/mol. The van der Waals surface area contributed by atoms with Gasteiger partial charge >= 0.3 is 0 Å². The van der Waals surface area contributed by atoms with Crippen molar-refractivity contribution in [2.45, 2.75) is 32.8 Å². The first kappa shape index (κ1) is 20.2. The molecule has 0 atom stereocenters. The summed E-state index contributed by atoms with van der Waals surface area (Å²) in [6, 6.07) is 11.4. The average Bonchev–Trinajstić information content (AvgIpc) is 2.70. The summed E-state index contributed by atoms with van der Waals surface area (Å²) in [5.41, 5.74) is 1.94. The standard InChI is InChI=1S/C21H23Cl2NO2S/c1-2-25-20-13-16(21(27)24-10-4-3-5-11-24)7-9-19(20)26-14-15-6-8-17(22)18(23)12-15/h6-9,12-13H,2-5,10-11,14H2,1H3. The van der Waals surface area contributed by atoms with Crippen molar-refractivity contribution in [3.8, 4) is 11.5 Å². The normalized spacial score (nSPS) is 14.1. The van der Waals surface area contributed by atoms with E-state index < -0.39 is 0 Å². The van der Waals surface area contributed by atoms with Gasteiger partial charge in [0.05, 0.1) is 16.7 Å². The van der Waals surface area contributed by atoms with Gasteiger partial charge in [-0.05, 0) is 62.1 Å². The van der Waals surface area contributed by atoms with Crippen molar-refractivity contribution in [1.82, 2.24) is 4.90 Å². The SMILES string of the molecule is CCOc1cc(C(=S)N2CCCCC2)ccc1OCc1ccc(Cl)c(Cl)c1. The fourth-order valence-corrected chi connectivity index (χ4v) is 3.73. The third-order valence-corrected chi connectivity index (χ3v) is 5.75. The zero-order valence-corrected chi connectivity index (χ0v) is 17.7. The third kappa shape index (κ3) is 5.28. The molecule has 0 aliphatic carbocycles. The van der Waals surface area contributed by atoms with Crippen molar-refractivity contribution in [2.75, 3.05) is 19.7 Å². The van der Waals surface area contributed by atoms with Gasteiger partial charge in [0.25, 0.3) is 0 Å². The van der Waals surface area contributed by atoms with E-state index in [0.717, 1.165) is 29.2 Å². The largest absolute Gasteiger partial charge is 0.490 e. The quantitative estimate of drug-likeness (QED) is 0.520. The number of nitrogens with zero attached hydrogens (tertiary/aromatic N) is 1. The number of hydrogen-bond acceptors (Lipinski definition) is 3. The molecule has 0 aromatic heterocycles. The van der Waals surface area contributed by atoms with Crippen LogP contribution in [0.5, 0.6) is 11.5 Å². The smallest absolute Gasteiger partial charge is 0.161 e. The second kappa shape index (κ2) is 9.63. The van der Waals surface area contributed by atoms with Crippen LogP contribution in [0.4, 0.5) is 0 Å². The van der Waals surface area contributed by atoms with Gasteiger partial charge in [0.2, 0.25) is 0 Å². The van der Waals surface area contributed by atoms with Crippen molar-refractivity contribution in [3.05, 3.63) is 57.6 Å². The van der Waals surface area contributed by atoms with Crippen molar-refractivity contribution >= 4 is 40.4 Å². The van der Waals surface area contributed by atoms with Gasteiger partial charge in [0.15, 0.2) is 11.5 Å². The van der Waals surface area contributed by atoms with Gasteiger partial charge in [-0.1, -0.05) is 41.5 Å². The monoisotopic (exact) mass is 423 g/mol. The van der Waals surface area contributed by atoms with Crippen LogP contribution in [-0.4, -0.2) is 29.6 Å². The Kier molecular flexibility index (Phi) is 7.22. The molecule has 144 valence electrons. The van der Waals surface area contributed by atoms with E-state index in [9.17, 15) is 0 Å². The molecule has 1 fully saturated rings. The van der Waals surface area contributed by atoms with E-state index >= 15 is 0 Å². The second-order valence-electron chi connectivity index (χ2n) is 6.48. The summed E-state index contributed by atoms with van der Waals surface area (Å²) in [7, 11) is 0. The number of hydrogen-bond donors (Lipinski definition) is 0. The fourth-order valence-electron chi connectivity index (χ4n) is 3.10. The molecule has 2 aromatic rings. The summed E-state index contributed by atoms with van der Waals surface area (Å²) < 4.78 is 11.8. The highest BCUT2D eigenvalue weighted by Gasteiger charge is 2.17. The zero-order valence-electron chi connectivity index (χ0n) is 15.3. The Bertz CT molecular complexity index is 807. The molecule has 1 heterocycles. The minimum atomic E-state index is 0.382. The minimum Gasteiger partial charge on any atom is -0.490 e.